The van der Waals surface area contributed by atoms with E-state index in [1.54, 1.807) is 24.3 Å². The molecule has 2 heterocycles. The molecular formula is C20H19F2N3O4. The van der Waals surface area contributed by atoms with Crippen molar-refractivity contribution in [3.63, 3.8) is 0 Å². The lowest BCUT2D eigenvalue weighted by Gasteiger charge is -2.22. The van der Waals surface area contributed by atoms with E-state index in [4.69, 9.17) is 13.9 Å². The summed E-state index contributed by atoms with van der Waals surface area (Å²) in [7, 11) is 0. The summed E-state index contributed by atoms with van der Waals surface area (Å²) < 4.78 is 43.4. The second kappa shape index (κ2) is 8.44. The van der Waals surface area contributed by atoms with Gasteiger partial charge in [-0.25, -0.2) is 13.6 Å². The van der Waals surface area contributed by atoms with Crippen molar-refractivity contribution in [3.8, 4) is 23.3 Å². The fourth-order valence-electron chi connectivity index (χ4n) is 3.08. The summed E-state index contributed by atoms with van der Waals surface area (Å²) >= 11 is 0. The normalized spacial score (nSPS) is 16.6. The molecule has 152 valence electrons. The van der Waals surface area contributed by atoms with Crippen LogP contribution in [-0.4, -0.2) is 29.5 Å². The first-order valence-corrected chi connectivity index (χ1v) is 9.25. The first kappa shape index (κ1) is 19.1. The Hall–Kier alpha value is -3.20. The summed E-state index contributed by atoms with van der Waals surface area (Å²) in [6.45, 7) is 2.62. The predicted octanol–water partition coefficient (Wildman–Crippen LogP) is 3.27. The Labute approximate surface area is 164 Å². The lowest BCUT2D eigenvalue weighted by molar-refractivity contribution is 0.218. The van der Waals surface area contributed by atoms with Gasteiger partial charge < -0.3 is 19.2 Å². The van der Waals surface area contributed by atoms with Crippen molar-refractivity contribution in [1.29, 1.82) is 0 Å². The van der Waals surface area contributed by atoms with E-state index in [0.29, 0.717) is 30.0 Å². The van der Waals surface area contributed by atoms with Gasteiger partial charge in [-0.2, -0.15) is 4.68 Å². The zero-order valence-electron chi connectivity index (χ0n) is 15.4. The van der Waals surface area contributed by atoms with Crippen LogP contribution in [0.25, 0.3) is 5.69 Å². The van der Waals surface area contributed by atoms with Crippen LogP contribution in [0.4, 0.5) is 8.78 Å². The molecule has 3 aromatic rings. The van der Waals surface area contributed by atoms with Crippen LogP contribution < -0.4 is 20.5 Å². The fraction of sp³-hybridized carbons (Fsp3) is 0.300. The van der Waals surface area contributed by atoms with Gasteiger partial charge in [-0.15, -0.1) is 0 Å². The Morgan fingerprint density at radius 1 is 1.21 bits per heavy atom. The van der Waals surface area contributed by atoms with E-state index in [1.807, 2.05) is 0 Å². The molecule has 1 fully saturated rings. The maximum atomic E-state index is 13.7. The number of aromatic nitrogens is 2. The van der Waals surface area contributed by atoms with E-state index in [0.717, 1.165) is 42.7 Å². The SMILES string of the molecule is O=c1oc(Oc2ccc(F)cc2F)nn1-c1ccc(OCC2CCCNC2)cc1. The number of hydrogen-bond donors (Lipinski definition) is 1. The number of ether oxygens (including phenoxy) is 2. The highest BCUT2D eigenvalue weighted by Gasteiger charge is 2.16. The molecule has 9 heteroatoms. The van der Waals surface area contributed by atoms with Gasteiger partial charge in [0.1, 0.15) is 11.6 Å². The van der Waals surface area contributed by atoms with E-state index < -0.39 is 23.5 Å². The van der Waals surface area contributed by atoms with Crippen molar-refractivity contribution in [1.82, 2.24) is 15.1 Å². The van der Waals surface area contributed by atoms with Gasteiger partial charge in [-0.1, -0.05) is 5.10 Å². The van der Waals surface area contributed by atoms with E-state index in [-0.39, 0.29) is 5.75 Å². The first-order chi connectivity index (χ1) is 14.1. The van der Waals surface area contributed by atoms with E-state index in [2.05, 4.69) is 10.4 Å². The molecule has 7 nitrogen and oxygen atoms in total. The Balaban J connectivity index is 1.43. The minimum absolute atomic E-state index is 0.305. The molecule has 29 heavy (non-hydrogen) atoms. The molecule has 1 aromatic heterocycles. The summed E-state index contributed by atoms with van der Waals surface area (Å²) in [4.78, 5) is 12.0. The number of hydrogen-bond acceptors (Lipinski definition) is 6. The minimum Gasteiger partial charge on any atom is -0.493 e. The Bertz CT molecular complexity index is 1030. The van der Waals surface area contributed by atoms with Crippen LogP contribution in [0, 0.1) is 17.6 Å². The Morgan fingerprint density at radius 3 is 2.76 bits per heavy atom. The van der Waals surface area contributed by atoms with Gasteiger partial charge in [-0.3, -0.25) is 0 Å². The van der Waals surface area contributed by atoms with Crippen LogP contribution in [-0.2, 0) is 0 Å². The van der Waals surface area contributed by atoms with E-state index >= 15 is 0 Å². The monoisotopic (exact) mass is 403 g/mol. The summed E-state index contributed by atoms with van der Waals surface area (Å²) in [5.74, 6) is -1.63. The van der Waals surface area contributed by atoms with Gasteiger partial charge in [-0.05, 0) is 55.8 Å². The van der Waals surface area contributed by atoms with Gasteiger partial charge >= 0.3 is 11.8 Å². The number of nitrogens with zero attached hydrogens (tertiary/aromatic N) is 2. The first-order valence-electron chi connectivity index (χ1n) is 9.25. The van der Waals surface area contributed by atoms with Crippen molar-refractivity contribution in [3.05, 3.63) is 64.6 Å². The predicted molar refractivity (Wildman–Crippen MR) is 99.6 cm³/mol. The average Bonchev–Trinajstić information content (AvgIpc) is 3.10. The summed E-state index contributed by atoms with van der Waals surface area (Å²) in [6, 6.07) is 9.53. The second-order valence-corrected chi connectivity index (χ2v) is 6.74. The van der Waals surface area contributed by atoms with Crippen LogP contribution in [0.2, 0.25) is 0 Å². The molecule has 0 amide bonds. The number of nitrogens with one attached hydrogen (secondary N) is 1. The fourth-order valence-corrected chi connectivity index (χ4v) is 3.08. The third-order valence-electron chi connectivity index (χ3n) is 4.59. The summed E-state index contributed by atoms with van der Waals surface area (Å²) in [5, 5.41) is 7.24. The smallest absolute Gasteiger partial charge is 0.444 e. The number of rotatable bonds is 6. The molecule has 1 aliphatic heterocycles. The van der Waals surface area contributed by atoms with Crippen LogP contribution in [0.15, 0.2) is 51.7 Å². The minimum atomic E-state index is -0.933. The second-order valence-electron chi connectivity index (χ2n) is 6.74. The number of benzene rings is 2. The number of piperidine rings is 1. The van der Waals surface area contributed by atoms with Crippen LogP contribution >= 0.6 is 0 Å². The maximum Gasteiger partial charge on any atom is 0.444 e. The van der Waals surface area contributed by atoms with Gasteiger partial charge in [0.15, 0.2) is 11.6 Å². The number of halogens is 2. The van der Waals surface area contributed by atoms with Crippen molar-refractivity contribution < 1.29 is 22.7 Å². The molecule has 0 saturated carbocycles. The molecule has 0 aliphatic carbocycles. The zero-order chi connectivity index (χ0) is 20.2. The molecule has 1 atom stereocenters. The quantitative estimate of drug-likeness (QED) is 0.681. The largest absolute Gasteiger partial charge is 0.493 e. The molecule has 1 aliphatic rings. The molecule has 2 aromatic carbocycles. The van der Waals surface area contributed by atoms with Crippen LogP contribution in [0.5, 0.6) is 17.6 Å². The lowest BCUT2D eigenvalue weighted by atomic mass is 10.0. The van der Waals surface area contributed by atoms with Crippen molar-refractivity contribution >= 4 is 0 Å². The van der Waals surface area contributed by atoms with Gasteiger partial charge in [0, 0.05) is 18.5 Å². The highest BCUT2D eigenvalue weighted by Crippen LogP contribution is 2.23. The van der Waals surface area contributed by atoms with E-state index in [9.17, 15) is 13.6 Å². The average molecular weight is 403 g/mol. The molecule has 4 rings (SSSR count). The van der Waals surface area contributed by atoms with Gasteiger partial charge in [0.05, 0.1) is 12.3 Å². The topological polar surface area (TPSA) is 78.5 Å². The molecular weight excluding hydrogens is 384 g/mol. The maximum absolute atomic E-state index is 13.7. The molecule has 1 N–H and O–H groups in total. The summed E-state index contributed by atoms with van der Waals surface area (Å²) in [6.07, 6.45) is 1.83. The van der Waals surface area contributed by atoms with Gasteiger partial charge in [0.2, 0.25) is 0 Å². The van der Waals surface area contributed by atoms with Crippen molar-refractivity contribution in [2.45, 2.75) is 12.8 Å². The van der Waals surface area contributed by atoms with Crippen molar-refractivity contribution in [2.75, 3.05) is 19.7 Å². The standard InChI is InChI=1S/C20H19F2N3O4/c21-14-3-8-18(17(22)10-14)28-19-24-25(20(26)29-19)15-4-6-16(7-5-15)27-12-13-2-1-9-23-11-13/h3-8,10,13,23H,1-2,9,11-12H2. The molecule has 1 saturated heterocycles. The Kier molecular flexibility index (Phi) is 5.57. The summed E-state index contributed by atoms with van der Waals surface area (Å²) in [5.41, 5.74) is 0.430. The molecule has 1 unspecified atom stereocenters. The van der Waals surface area contributed by atoms with Gasteiger partial charge in [0.25, 0.3) is 0 Å². The van der Waals surface area contributed by atoms with Crippen LogP contribution in [0.3, 0.4) is 0 Å². The van der Waals surface area contributed by atoms with Crippen molar-refractivity contribution in [2.24, 2.45) is 5.92 Å². The van der Waals surface area contributed by atoms with E-state index in [1.165, 1.54) is 0 Å². The molecule has 0 radical (unpaired) electrons. The Morgan fingerprint density at radius 2 is 2.03 bits per heavy atom. The molecule has 0 bridgehead atoms. The third kappa shape index (κ3) is 4.62. The highest BCUT2D eigenvalue weighted by molar-refractivity contribution is 5.36. The molecule has 0 spiro atoms. The third-order valence-corrected chi connectivity index (χ3v) is 4.59. The zero-order valence-corrected chi connectivity index (χ0v) is 15.4. The highest BCUT2D eigenvalue weighted by atomic mass is 19.1. The van der Waals surface area contributed by atoms with Crippen LogP contribution in [0.1, 0.15) is 12.8 Å². The lowest BCUT2D eigenvalue weighted by Crippen LogP contribution is -2.33.